The van der Waals surface area contributed by atoms with E-state index in [1.807, 2.05) is 0 Å². The lowest BCUT2D eigenvalue weighted by atomic mass is 10.2. The number of esters is 1. The number of rotatable bonds is 4. The molecular weight excluding hydrogens is 346 g/mol. The molecule has 20 heavy (non-hydrogen) atoms. The van der Waals surface area contributed by atoms with E-state index in [4.69, 9.17) is 10.5 Å². The van der Waals surface area contributed by atoms with E-state index >= 15 is 0 Å². The van der Waals surface area contributed by atoms with Crippen molar-refractivity contribution in [3.05, 3.63) is 28.2 Å². The number of carbonyl (C=O) groups excluding carboxylic acids is 1. The minimum absolute atomic E-state index is 0.266. The molecule has 0 spiro atoms. The highest BCUT2D eigenvalue weighted by Crippen LogP contribution is 2.25. The third-order valence-electron chi connectivity index (χ3n) is 2.24. The van der Waals surface area contributed by atoms with Crippen molar-refractivity contribution in [3.63, 3.8) is 0 Å². The molecule has 0 heterocycles. The van der Waals surface area contributed by atoms with Crippen molar-refractivity contribution in [1.82, 2.24) is 0 Å². The molecule has 7 heteroatoms. The van der Waals surface area contributed by atoms with Gasteiger partial charge < -0.3 is 10.5 Å². The first-order valence-electron chi connectivity index (χ1n) is 5.95. The van der Waals surface area contributed by atoms with Crippen molar-refractivity contribution in [2.75, 3.05) is 11.5 Å². The quantitative estimate of drug-likeness (QED) is 0.654. The zero-order chi connectivity index (χ0) is 15.6. The molecule has 1 rings (SSSR count). The standard InChI is InChI=1S/C13H18BrNO4S/c1-13(2,3)19-11(16)8-20(17,18)7-9-5-4-6-10(15)12(9)14/h4-6H,7-8,15H2,1-3H3. The van der Waals surface area contributed by atoms with Gasteiger partial charge in [0.1, 0.15) is 11.4 Å². The number of carbonyl (C=O) groups is 1. The number of nitrogens with two attached hydrogens (primary N) is 1. The van der Waals surface area contributed by atoms with Gasteiger partial charge in [0, 0.05) is 10.2 Å². The number of halogens is 1. The van der Waals surface area contributed by atoms with E-state index in [0.29, 0.717) is 15.7 Å². The number of sulfone groups is 1. The first-order chi connectivity index (χ1) is 9.00. The maximum atomic E-state index is 12.0. The minimum atomic E-state index is -3.61. The fourth-order valence-corrected chi connectivity index (χ4v) is 3.37. The average molecular weight is 364 g/mol. The summed E-state index contributed by atoms with van der Waals surface area (Å²) in [5, 5.41) is 0. The molecule has 2 N–H and O–H groups in total. The number of nitrogen functional groups attached to an aromatic ring is 1. The lowest BCUT2D eigenvalue weighted by Crippen LogP contribution is -2.29. The third-order valence-corrected chi connectivity index (χ3v) is 4.64. The summed E-state index contributed by atoms with van der Waals surface area (Å²) >= 11 is 3.24. The zero-order valence-corrected chi connectivity index (χ0v) is 14.0. The molecule has 0 unspecified atom stereocenters. The van der Waals surface area contributed by atoms with E-state index < -0.39 is 27.2 Å². The van der Waals surface area contributed by atoms with Gasteiger partial charge in [-0.15, -0.1) is 0 Å². The first kappa shape index (κ1) is 17.0. The van der Waals surface area contributed by atoms with Crippen LogP contribution in [-0.4, -0.2) is 25.7 Å². The molecule has 1 aromatic carbocycles. The summed E-state index contributed by atoms with van der Waals surface area (Å²) in [6.45, 7) is 5.06. The Morgan fingerprint density at radius 2 is 1.95 bits per heavy atom. The SMILES string of the molecule is CC(C)(C)OC(=O)CS(=O)(=O)Cc1cccc(N)c1Br. The Morgan fingerprint density at radius 3 is 2.50 bits per heavy atom. The van der Waals surface area contributed by atoms with Crippen LogP contribution in [-0.2, 0) is 25.1 Å². The maximum absolute atomic E-state index is 12.0. The molecule has 0 aliphatic carbocycles. The van der Waals surface area contributed by atoms with Gasteiger partial charge in [-0.3, -0.25) is 4.79 Å². The summed E-state index contributed by atoms with van der Waals surface area (Å²) in [5.74, 6) is -1.67. The van der Waals surface area contributed by atoms with E-state index in [1.54, 1.807) is 39.0 Å². The Balaban J connectivity index is 2.81. The van der Waals surface area contributed by atoms with E-state index in [0.717, 1.165) is 0 Å². The highest BCUT2D eigenvalue weighted by molar-refractivity contribution is 9.10. The lowest BCUT2D eigenvalue weighted by molar-refractivity contribution is -0.151. The summed E-state index contributed by atoms with van der Waals surface area (Å²) in [7, 11) is -3.61. The Kier molecular flexibility index (Phi) is 5.21. The van der Waals surface area contributed by atoms with Gasteiger partial charge in [-0.05, 0) is 48.3 Å². The predicted octanol–water partition coefficient (Wildman–Crippen LogP) is 2.29. The van der Waals surface area contributed by atoms with Crippen LogP contribution in [0.15, 0.2) is 22.7 Å². The third kappa shape index (κ3) is 5.50. The normalized spacial score (nSPS) is 12.2. The Hall–Kier alpha value is -1.08. The van der Waals surface area contributed by atoms with Crippen LogP contribution in [0.25, 0.3) is 0 Å². The molecule has 0 saturated heterocycles. The smallest absolute Gasteiger partial charge is 0.321 e. The molecular formula is C13H18BrNO4S. The number of ether oxygens (including phenoxy) is 1. The largest absolute Gasteiger partial charge is 0.459 e. The van der Waals surface area contributed by atoms with Gasteiger partial charge in [0.05, 0.1) is 5.75 Å². The average Bonchev–Trinajstić information content (AvgIpc) is 2.20. The number of benzene rings is 1. The highest BCUT2D eigenvalue weighted by atomic mass is 79.9. The molecule has 112 valence electrons. The van der Waals surface area contributed by atoms with Crippen LogP contribution in [0.3, 0.4) is 0 Å². The number of anilines is 1. The van der Waals surface area contributed by atoms with Crippen LogP contribution in [0, 0.1) is 0 Å². The predicted molar refractivity (Wildman–Crippen MR) is 81.9 cm³/mol. The second kappa shape index (κ2) is 6.13. The van der Waals surface area contributed by atoms with Crippen LogP contribution in [0.5, 0.6) is 0 Å². The summed E-state index contributed by atoms with van der Waals surface area (Å²) in [4.78, 5) is 11.6. The molecule has 0 radical (unpaired) electrons. The molecule has 0 aromatic heterocycles. The Labute approximate surface area is 127 Å². The van der Waals surface area contributed by atoms with Crippen molar-refractivity contribution in [2.45, 2.75) is 32.1 Å². The van der Waals surface area contributed by atoms with E-state index in [2.05, 4.69) is 15.9 Å². The summed E-state index contributed by atoms with van der Waals surface area (Å²) < 4.78 is 29.5. The van der Waals surface area contributed by atoms with Gasteiger partial charge in [0.15, 0.2) is 9.84 Å². The van der Waals surface area contributed by atoms with Gasteiger partial charge in [-0.1, -0.05) is 12.1 Å². The molecule has 0 aliphatic heterocycles. The molecule has 0 bridgehead atoms. The maximum Gasteiger partial charge on any atom is 0.321 e. The highest BCUT2D eigenvalue weighted by Gasteiger charge is 2.23. The fraction of sp³-hybridized carbons (Fsp3) is 0.462. The zero-order valence-electron chi connectivity index (χ0n) is 11.6. The van der Waals surface area contributed by atoms with Crippen molar-refractivity contribution >= 4 is 37.4 Å². The van der Waals surface area contributed by atoms with Gasteiger partial charge in [-0.2, -0.15) is 0 Å². The van der Waals surface area contributed by atoms with Gasteiger partial charge in [0.2, 0.25) is 0 Å². The fourth-order valence-electron chi connectivity index (χ4n) is 1.55. The summed E-state index contributed by atoms with van der Waals surface area (Å²) in [6, 6.07) is 4.97. The van der Waals surface area contributed by atoms with Crippen LogP contribution in [0.4, 0.5) is 5.69 Å². The van der Waals surface area contributed by atoms with Crippen molar-refractivity contribution < 1.29 is 17.9 Å². The van der Waals surface area contributed by atoms with E-state index in [1.165, 1.54) is 0 Å². The molecule has 0 aliphatic rings. The molecule has 0 fully saturated rings. The van der Waals surface area contributed by atoms with E-state index in [9.17, 15) is 13.2 Å². The van der Waals surface area contributed by atoms with Gasteiger partial charge >= 0.3 is 5.97 Å². The number of hydrogen-bond donors (Lipinski definition) is 1. The summed E-state index contributed by atoms with van der Waals surface area (Å²) in [5.41, 5.74) is 5.96. The molecule has 0 saturated carbocycles. The summed E-state index contributed by atoms with van der Waals surface area (Å²) in [6.07, 6.45) is 0. The van der Waals surface area contributed by atoms with Crippen LogP contribution < -0.4 is 5.73 Å². The first-order valence-corrected chi connectivity index (χ1v) is 8.57. The monoisotopic (exact) mass is 363 g/mol. The minimum Gasteiger partial charge on any atom is -0.459 e. The second-order valence-electron chi connectivity index (χ2n) is 5.44. The molecule has 1 aromatic rings. The van der Waals surface area contributed by atoms with Crippen LogP contribution >= 0.6 is 15.9 Å². The molecule has 5 nitrogen and oxygen atoms in total. The lowest BCUT2D eigenvalue weighted by Gasteiger charge is -2.19. The van der Waals surface area contributed by atoms with Gasteiger partial charge in [0.25, 0.3) is 0 Å². The topological polar surface area (TPSA) is 86.5 Å². The Morgan fingerprint density at radius 1 is 1.35 bits per heavy atom. The Bertz CT molecular complexity index is 605. The van der Waals surface area contributed by atoms with E-state index in [-0.39, 0.29) is 5.75 Å². The molecule has 0 atom stereocenters. The van der Waals surface area contributed by atoms with Crippen LogP contribution in [0.2, 0.25) is 0 Å². The van der Waals surface area contributed by atoms with Crippen LogP contribution in [0.1, 0.15) is 26.3 Å². The second-order valence-corrected chi connectivity index (χ2v) is 8.30. The van der Waals surface area contributed by atoms with Crippen molar-refractivity contribution in [3.8, 4) is 0 Å². The van der Waals surface area contributed by atoms with Gasteiger partial charge in [-0.25, -0.2) is 8.42 Å². The van der Waals surface area contributed by atoms with Crippen molar-refractivity contribution in [2.24, 2.45) is 0 Å². The van der Waals surface area contributed by atoms with Crippen molar-refractivity contribution in [1.29, 1.82) is 0 Å². The molecule has 0 amide bonds. The number of hydrogen-bond acceptors (Lipinski definition) is 5.